The molecule has 41 heavy (non-hydrogen) atoms. The second-order valence-corrected chi connectivity index (χ2v) is 10.7. The number of aryl methyl sites for hydroxylation is 1. The van der Waals surface area contributed by atoms with Crippen LogP contribution in [0.4, 0.5) is 0 Å². The molecule has 0 amide bonds. The molecule has 0 radical (unpaired) electrons. The molecule has 0 saturated carbocycles. The molecule has 2 nitrogen and oxygen atoms in total. The van der Waals surface area contributed by atoms with Gasteiger partial charge in [-0.2, -0.15) is 0 Å². The Kier molecular flexibility index (Phi) is 5.46. The monoisotopic (exact) mass is 524 g/mol. The molecule has 2 heteroatoms. The van der Waals surface area contributed by atoms with E-state index in [9.17, 15) is 0 Å². The molecule has 1 aromatic heterocycles. The molecule has 0 saturated heterocycles. The third-order valence-corrected chi connectivity index (χ3v) is 8.37. The third-order valence-electron chi connectivity index (χ3n) is 8.37. The third kappa shape index (κ3) is 3.83. The summed E-state index contributed by atoms with van der Waals surface area (Å²) in [6.07, 6.45) is 0.888. The molecule has 0 aliphatic rings. The van der Waals surface area contributed by atoms with Crippen LogP contribution < -0.4 is 0 Å². The van der Waals surface area contributed by atoms with Crippen LogP contribution in [0.2, 0.25) is 0 Å². The van der Waals surface area contributed by atoms with Crippen LogP contribution in [0.1, 0.15) is 12.7 Å². The summed E-state index contributed by atoms with van der Waals surface area (Å²) < 4.78 is 2.27. The lowest BCUT2D eigenvalue weighted by Gasteiger charge is -2.12. The van der Waals surface area contributed by atoms with Crippen LogP contribution in [-0.4, -0.2) is 9.55 Å². The van der Waals surface area contributed by atoms with Crippen molar-refractivity contribution in [3.63, 3.8) is 0 Å². The maximum absolute atomic E-state index is 4.84. The number of fused-ring (bicyclic) bond motifs is 7. The number of para-hydroxylation sites is 2. The first-order valence-corrected chi connectivity index (χ1v) is 14.3. The fourth-order valence-electron chi connectivity index (χ4n) is 6.35. The minimum Gasteiger partial charge on any atom is -0.296 e. The molecule has 0 aliphatic carbocycles. The first-order valence-electron chi connectivity index (χ1n) is 14.3. The van der Waals surface area contributed by atoms with Crippen molar-refractivity contribution >= 4 is 43.4 Å². The summed E-state index contributed by atoms with van der Waals surface area (Å²) in [6.45, 7) is 2.16. The van der Waals surface area contributed by atoms with Crippen molar-refractivity contribution in [2.75, 3.05) is 0 Å². The van der Waals surface area contributed by atoms with Crippen molar-refractivity contribution in [3.05, 3.63) is 145 Å². The zero-order valence-electron chi connectivity index (χ0n) is 22.9. The van der Waals surface area contributed by atoms with Gasteiger partial charge in [0.15, 0.2) is 0 Å². The van der Waals surface area contributed by atoms with Gasteiger partial charge in [0, 0.05) is 12.1 Å². The Hall–Kier alpha value is -5.21. The van der Waals surface area contributed by atoms with Crippen molar-refractivity contribution in [1.29, 1.82) is 0 Å². The van der Waals surface area contributed by atoms with E-state index in [0.29, 0.717) is 0 Å². The fraction of sp³-hybridized carbons (Fsp3) is 0.0513. The van der Waals surface area contributed by atoms with E-state index < -0.39 is 0 Å². The number of hydrogen-bond acceptors (Lipinski definition) is 1. The van der Waals surface area contributed by atoms with Gasteiger partial charge in [0.05, 0.1) is 11.0 Å². The average Bonchev–Trinajstić information content (AvgIpc) is 3.44. The molecular weight excluding hydrogens is 496 g/mol. The predicted octanol–water partition coefficient (Wildman–Crippen LogP) is 10.4. The zero-order chi connectivity index (χ0) is 27.3. The molecule has 7 aromatic carbocycles. The highest BCUT2D eigenvalue weighted by Crippen LogP contribution is 2.37. The molecule has 0 N–H and O–H groups in total. The van der Waals surface area contributed by atoms with Crippen LogP contribution in [0.3, 0.4) is 0 Å². The molecular formula is C39H28N2. The Morgan fingerprint density at radius 1 is 0.463 bits per heavy atom. The lowest BCUT2D eigenvalue weighted by Crippen LogP contribution is -1.99. The molecule has 8 rings (SSSR count). The van der Waals surface area contributed by atoms with Crippen LogP contribution in [-0.2, 0) is 6.42 Å². The summed E-state index contributed by atoms with van der Waals surface area (Å²) in [5.74, 6) is 1.08. The predicted molar refractivity (Wildman–Crippen MR) is 174 cm³/mol. The van der Waals surface area contributed by atoms with E-state index in [1.165, 1.54) is 54.6 Å². The van der Waals surface area contributed by atoms with Crippen molar-refractivity contribution in [2.45, 2.75) is 13.3 Å². The lowest BCUT2D eigenvalue weighted by molar-refractivity contribution is 0.908. The molecule has 0 fully saturated rings. The van der Waals surface area contributed by atoms with Crippen LogP contribution in [0, 0.1) is 0 Å². The summed E-state index contributed by atoms with van der Waals surface area (Å²) in [7, 11) is 0. The first-order chi connectivity index (χ1) is 20.3. The highest BCUT2D eigenvalue weighted by atomic mass is 15.1. The smallest absolute Gasteiger partial charge is 0.114 e. The number of nitrogens with zero attached hydrogens (tertiary/aromatic N) is 2. The van der Waals surface area contributed by atoms with E-state index >= 15 is 0 Å². The fourth-order valence-corrected chi connectivity index (χ4v) is 6.35. The van der Waals surface area contributed by atoms with Gasteiger partial charge in [0.25, 0.3) is 0 Å². The second-order valence-electron chi connectivity index (χ2n) is 10.7. The summed E-state index contributed by atoms with van der Waals surface area (Å²) in [5, 5.41) is 7.83. The van der Waals surface area contributed by atoms with Gasteiger partial charge in [-0.05, 0) is 84.9 Å². The van der Waals surface area contributed by atoms with E-state index in [1.54, 1.807) is 0 Å². The standard InChI is InChI=1S/C39H28N2/c1-2-39-40-37-13-7-8-14-38(37)41(39)30-22-19-27(20-23-30)26-15-17-28(18-16-26)29-21-24-35-33-11-4-3-9-31(33)32-10-5-6-12-34(32)36(35)25-29/h3-25H,2H2,1H3. The number of hydrogen-bond donors (Lipinski definition) is 0. The second kappa shape index (κ2) is 9.46. The number of benzene rings is 7. The quantitative estimate of drug-likeness (QED) is 0.209. The van der Waals surface area contributed by atoms with Crippen molar-refractivity contribution < 1.29 is 0 Å². The molecule has 0 spiro atoms. The van der Waals surface area contributed by atoms with Gasteiger partial charge in [-0.25, -0.2) is 4.98 Å². The van der Waals surface area contributed by atoms with Crippen LogP contribution in [0.25, 0.3) is 71.3 Å². The Labute approximate surface area is 239 Å². The first kappa shape index (κ1) is 23.7. The van der Waals surface area contributed by atoms with Crippen LogP contribution in [0.15, 0.2) is 140 Å². The minimum absolute atomic E-state index is 0.888. The number of imidazole rings is 1. The van der Waals surface area contributed by atoms with Crippen LogP contribution in [0.5, 0.6) is 0 Å². The maximum atomic E-state index is 4.84. The van der Waals surface area contributed by atoms with Crippen molar-refractivity contribution in [1.82, 2.24) is 9.55 Å². The summed E-state index contributed by atoms with van der Waals surface area (Å²) >= 11 is 0. The highest BCUT2D eigenvalue weighted by molar-refractivity contribution is 6.25. The maximum Gasteiger partial charge on any atom is 0.114 e. The Morgan fingerprint density at radius 3 is 1.54 bits per heavy atom. The van der Waals surface area contributed by atoms with E-state index in [-0.39, 0.29) is 0 Å². The number of rotatable bonds is 4. The minimum atomic E-state index is 0.888. The Balaban J connectivity index is 1.16. The van der Waals surface area contributed by atoms with Gasteiger partial charge in [-0.1, -0.05) is 116 Å². The molecule has 1 heterocycles. The Bertz CT molecular complexity index is 2180. The normalized spacial score (nSPS) is 11.6. The molecule has 0 bridgehead atoms. The summed E-state index contributed by atoms with van der Waals surface area (Å²) in [4.78, 5) is 4.84. The van der Waals surface area contributed by atoms with Gasteiger partial charge in [-0.3, -0.25) is 4.57 Å². The van der Waals surface area contributed by atoms with E-state index in [2.05, 4.69) is 145 Å². The Morgan fingerprint density at radius 2 is 0.927 bits per heavy atom. The molecule has 0 aliphatic heterocycles. The van der Waals surface area contributed by atoms with Crippen molar-refractivity contribution in [2.24, 2.45) is 0 Å². The van der Waals surface area contributed by atoms with Gasteiger partial charge in [-0.15, -0.1) is 0 Å². The SMILES string of the molecule is CCc1nc2ccccc2n1-c1ccc(-c2ccc(-c3ccc4c5ccccc5c5ccccc5c4c3)cc2)cc1. The largest absolute Gasteiger partial charge is 0.296 e. The molecule has 0 unspecified atom stereocenters. The molecule has 8 aromatic rings. The highest BCUT2D eigenvalue weighted by Gasteiger charge is 2.12. The van der Waals surface area contributed by atoms with Gasteiger partial charge in [0.1, 0.15) is 5.82 Å². The topological polar surface area (TPSA) is 17.8 Å². The molecule has 194 valence electrons. The average molecular weight is 525 g/mol. The zero-order valence-corrected chi connectivity index (χ0v) is 22.9. The summed E-state index contributed by atoms with van der Waals surface area (Å²) in [6, 6.07) is 50.5. The van der Waals surface area contributed by atoms with Crippen LogP contribution >= 0.6 is 0 Å². The lowest BCUT2D eigenvalue weighted by atomic mass is 9.92. The van der Waals surface area contributed by atoms with E-state index in [0.717, 1.165) is 29.0 Å². The molecule has 0 atom stereocenters. The van der Waals surface area contributed by atoms with E-state index in [4.69, 9.17) is 4.98 Å². The van der Waals surface area contributed by atoms with Gasteiger partial charge < -0.3 is 0 Å². The van der Waals surface area contributed by atoms with E-state index in [1.807, 2.05) is 6.07 Å². The van der Waals surface area contributed by atoms with Gasteiger partial charge >= 0.3 is 0 Å². The number of aromatic nitrogens is 2. The van der Waals surface area contributed by atoms with Gasteiger partial charge in [0.2, 0.25) is 0 Å². The van der Waals surface area contributed by atoms with Crippen molar-refractivity contribution in [3.8, 4) is 27.9 Å². The summed E-state index contributed by atoms with van der Waals surface area (Å²) in [5.41, 5.74) is 8.21.